The highest BCUT2D eigenvalue weighted by atomic mass is 16.6. The molecule has 0 heterocycles. The number of ether oxygens (including phenoxy) is 2. The van der Waals surface area contributed by atoms with Gasteiger partial charge in [0.25, 0.3) is 0 Å². The molecule has 0 bridgehead atoms. The van der Waals surface area contributed by atoms with Crippen molar-refractivity contribution in [2.75, 3.05) is 6.54 Å². The van der Waals surface area contributed by atoms with Crippen molar-refractivity contribution in [3.05, 3.63) is 0 Å². The molecule has 104 valence electrons. The Hall–Kier alpha value is -1.10. The monoisotopic (exact) mass is 257 g/mol. The molecule has 0 saturated heterocycles. The average Bonchev–Trinajstić information content (AvgIpc) is 2.27. The minimum Gasteiger partial charge on any atom is -0.457 e. The summed E-state index contributed by atoms with van der Waals surface area (Å²) in [5.74, 6) is -1.00. The van der Waals surface area contributed by atoms with Gasteiger partial charge in [0.2, 0.25) is 5.60 Å². The van der Waals surface area contributed by atoms with Crippen LogP contribution in [0.4, 0.5) is 0 Å². The summed E-state index contributed by atoms with van der Waals surface area (Å²) in [6, 6.07) is 0. The highest BCUT2D eigenvalue weighted by Gasteiger charge is 2.46. The van der Waals surface area contributed by atoms with E-state index < -0.39 is 23.1 Å². The van der Waals surface area contributed by atoms with E-state index in [0.717, 1.165) is 19.3 Å². The Bertz CT molecular complexity index is 313. The Morgan fingerprint density at radius 2 is 1.72 bits per heavy atom. The van der Waals surface area contributed by atoms with Crippen LogP contribution in [0.2, 0.25) is 0 Å². The fourth-order valence-corrected chi connectivity index (χ4v) is 2.10. The predicted molar refractivity (Wildman–Crippen MR) is 66.8 cm³/mol. The van der Waals surface area contributed by atoms with Crippen LogP contribution in [-0.2, 0) is 19.1 Å². The van der Waals surface area contributed by atoms with E-state index in [1.807, 2.05) is 0 Å². The van der Waals surface area contributed by atoms with E-state index in [9.17, 15) is 9.59 Å². The third-order valence-corrected chi connectivity index (χ3v) is 2.91. The fourth-order valence-electron chi connectivity index (χ4n) is 2.10. The van der Waals surface area contributed by atoms with E-state index in [2.05, 4.69) is 0 Å². The number of hydrogen-bond acceptors (Lipinski definition) is 5. The first kappa shape index (κ1) is 15.0. The van der Waals surface area contributed by atoms with Crippen LogP contribution in [0.15, 0.2) is 0 Å². The molecule has 1 fully saturated rings. The molecule has 0 aliphatic heterocycles. The summed E-state index contributed by atoms with van der Waals surface area (Å²) in [4.78, 5) is 23.6. The van der Waals surface area contributed by atoms with Gasteiger partial charge >= 0.3 is 11.9 Å². The van der Waals surface area contributed by atoms with Gasteiger partial charge in [0, 0.05) is 0 Å². The van der Waals surface area contributed by atoms with Gasteiger partial charge in [0.15, 0.2) is 0 Å². The lowest BCUT2D eigenvalue weighted by Gasteiger charge is -2.36. The first-order chi connectivity index (χ1) is 8.29. The highest BCUT2D eigenvalue weighted by Crippen LogP contribution is 2.34. The quantitative estimate of drug-likeness (QED) is 0.776. The largest absolute Gasteiger partial charge is 0.457 e. The molecule has 18 heavy (non-hydrogen) atoms. The van der Waals surface area contributed by atoms with Crippen molar-refractivity contribution in [3.63, 3.8) is 0 Å². The summed E-state index contributed by atoms with van der Waals surface area (Å²) in [6.07, 6.45) is 3.81. The van der Waals surface area contributed by atoms with Crippen LogP contribution in [0.5, 0.6) is 0 Å². The standard InChI is InChI=1S/C13H23NO4/c1-12(2,3)18-11(16)13(17-10(15)9-14)7-5-4-6-8-13/h4-9,14H2,1-3H3. The van der Waals surface area contributed by atoms with E-state index in [-0.39, 0.29) is 6.54 Å². The lowest BCUT2D eigenvalue weighted by atomic mass is 9.84. The molecule has 1 aliphatic rings. The van der Waals surface area contributed by atoms with Crippen LogP contribution in [0.3, 0.4) is 0 Å². The summed E-state index contributed by atoms with van der Waals surface area (Å²) in [5, 5.41) is 0. The molecule has 0 amide bonds. The molecular formula is C13H23NO4. The van der Waals surface area contributed by atoms with Gasteiger partial charge in [-0.15, -0.1) is 0 Å². The fraction of sp³-hybridized carbons (Fsp3) is 0.846. The van der Waals surface area contributed by atoms with Crippen LogP contribution < -0.4 is 5.73 Å². The molecule has 0 aromatic carbocycles. The van der Waals surface area contributed by atoms with Gasteiger partial charge in [0.05, 0.1) is 6.54 Å². The Morgan fingerprint density at radius 1 is 1.17 bits per heavy atom. The van der Waals surface area contributed by atoms with Gasteiger partial charge in [-0.2, -0.15) is 0 Å². The maximum Gasteiger partial charge on any atom is 0.351 e. The smallest absolute Gasteiger partial charge is 0.351 e. The minimum absolute atomic E-state index is 0.218. The third kappa shape index (κ3) is 3.98. The second-order valence-corrected chi connectivity index (χ2v) is 5.74. The molecular weight excluding hydrogens is 234 g/mol. The Balaban J connectivity index is 2.82. The molecule has 5 nitrogen and oxygen atoms in total. The molecule has 0 spiro atoms. The van der Waals surface area contributed by atoms with E-state index in [0.29, 0.717) is 12.8 Å². The maximum absolute atomic E-state index is 12.2. The maximum atomic E-state index is 12.2. The average molecular weight is 257 g/mol. The lowest BCUT2D eigenvalue weighted by molar-refractivity contribution is -0.194. The van der Waals surface area contributed by atoms with Crippen LogP contribution >= 0.6 is 0 Å². The highest BCUT2D eigenvalue weighted by molar-refractivity contribution is 5.84. The van der Waals surface area contributed by atoms with E-state index >= 15 is 0 Å². The summed E-state index contributed by atoms with van der Waals surface area (Å²) in [7, 11) is 0. The molecule has 1 aliphatic carbocycles. The number of carbonyl (C=O) groups is 2. The molecule has 2 N–H and O–H groups in total. The van der Waals surface area contributed by atoms with Crippen LogP contribution in [-0.4, -0.2) is 29.7 Å². The van der Waals surface area contributed by atoms with Crippen molar-refractivity contribution in [2.24, 2.45) is 5.73 Å². The van der Waals surface area contributed by atoms with Crippen LogP contribution in [0, 0.1) is 0 Å². The van der Waals surface area contributed by atoms with E-state index in [4.69, 9.17) is 15.2 Å². The molecule has 0 aromatic rings. The van der Waals surface area contributed by atoms with Crippen molar-refractivity contribution in [3.8, 4) is 0 Å². The number of hydrogen-bond donors (Lipinski definition) is 1. The summed E-state index contributed by atoms with van der Waals surface area (Å²) >= 11 is 0. The zero-order chi connectivity index (χ0) is 13.8. The Morgan fingerprint density at radius 3 is 2.17 bits per heavy atom. The summed E-state index contributed by atoms with van der Waals surface area (Å²) in [6.45, 7) is 5.18. The van der Waals surface area contributed by atoms with Crippen LogP contribution in [0.25, 0.3) is 0 Å². The lowest BCUT2D eigenvalue weighted by Crippen LogP contribution is -2.49. The summed E-state index contributed by atoms with van der Waals surface area (Å²) < 4.78 is 10.7. The van der Waals surface area contributed by atoms with Crippen molar-refractivity contribution in [2.45, 2.75) is 64.1 Å². The molecule has 0 radical (unpaired) electrons. The second kappa shape index (κ2) is 5.69. The SMILES string of the molecule is CC(C)(C)OC(=O)C1(OC(=O)CN)CCCCC1. The topological polar surface area (TPSA) is 78.6 Å². The number of esters is 2. The minimum atomic E-state index is -1.12. The molecule has 5 heteroatoms. The van der Waals surface area contributed by atoms with Gasteiger partial charge in [-0.3, -0.25) is 4.79 Å². The predicted octanol–water partition coefficient (Wildman–Crippen LogP) is 1.53. The van der Waals surface area contributed by atoms with Crippen LogP contribution in [0.1, 0.15) is 52.9 Å². The van der Waals surface area contributed by atoms with E-state index in [1.54, 1.807) is 20.8 Å². The van der Waals surface area contributed by atoms with Gasteiger partial charge in [-0.1, -0.05) is 6.42 Å². The normalized spacial score (nSPS) is 19.1. The molecule has 1 rings (SSSR count). The first-order valence-electron chi connectivity index (χ1n) is 6.44. The van der Waals surface area contributed by atoms with Crippen molar-refractivity contribution in [1.29, 1.82) is 0 Å². The zero-order valence-electron chi connectivity index (χ0n) is 11.5. The molecule has 0 atom stereocenters. The van der Waals surface area contributed by atoms with Gasteiger partial charge in [-0.05, 0) is 46.5 Å². The van der Waals surface area contributed by atoms with Crippen molar-refractivity contribution >= 4 is 11.9 Å². The summed E-state index contributed by atoms with van der Waals surface area (Å²) in [5.41, 5.74) is 3.54. The Kier molecular flexibility index (Phi) is 4.73. The Labute approximate surface area is 108 Å². The van der Waals surface area contributed by atoms with Gasteiger partial charge in [-0.25, -0.2) is 4.79 Å². The zero-order valence-corrected chi connectivity index (χ0v) is 11.5. The molecule has 0 unspecified atom stereocenters. The number of nitrogens with two attached hydrogens (primary N) is 1. The molecule has 0 aromatic heterocycles. The number of rotatable bonds is 3. The molecule has 1 saturated carbocycles. The third-order valence-electron chi connectivity index (χ3n) is 2.91. The number of carbonyl (C=O) groups excluding carboxylic acids is 2. The van der Waals surface area contributed by atoms with Crippen molar-refractivity contribution < 1.29 is 19.1 Å². The second-order valence-electron chi connectivity index (χ2n) is 5.74. The van der Waals surface area contributed by atoms with E-state index in [1.165, 1.54) is 0 Å². The first-order valence-corrected chi connectivity index (χ1v) is 6.44. The van der Waals surface area contributed by atoms with Gasteiger partial charge < -0.3 is 15.2 Å². The van der Waals surface area contributed by atoms with Gasteiger partial charge in [0.1, 0.15) is 5.60 Å². The van der Waals surface area contributed by atoms with Crippen molar-refractivity contribution in [1.82, 2.24) is 0 Å².